The van der Waals surface area contributed by atoms with E-state index in [2.05, 4.69) is 25.9 Å². The molecule has 2 rings (SSSR count). The summed E-state index contributed by atoms with van der Waals surface area (Å²) in [5.74, 6) is -0.591. The molecule has 24 heavy (non-hydrogen) atoms. The average molecular weight is 330 g/mol. The van der Waals surface area contributed by atoms with E-state index in [4.69, 9.17) is 9.47 Å². The molecular formula is C18H22N2O4. The first-order chi connectivity index (χ1) is 11.3. The summed E-state index contributed by atoms with van der Waals surface area (Å²) in [6.07, 6.45) is 1.33. The maximum Gasteiger partial charge on any atom is 0.340 e. The highest BCUT2D eigenvalue weighted by Gasteiger charge is 2.14. The minimum absolute atomic E-state index is 0.0345. The molecule has 0 bridgehead atoms. The molecule has 0 aliphatic rings. The van der Waals surface area contributed by atoms with Crippen molar-refractivity contribution in [2.45, 2.75) is 26.2 Å². The number of ether oxygens (including phenoxy) is 2. The van der Waals surface area contributed by atoms with Crippen LogP contribution in [0.5, 0.6) is 0 Å². The van der Waals surface area contributed by atoms with Crippen molar-refractivity contribution in [3.63, 3.8) is 0 Å². The number of aromatic nitrogens is 2. The molecule has 128 valence electrons. The molecule has 6 heteroatoms. The van der Waals surface area contributed by atoms with E-state index in [0.717, 1.165) is 5.56 Å². The molecule has 0 saturated heterocycles. The molecule has 0 saturated carbocycles. The number of carbonyl (C=O) groups is 1. The Hall–Kier alpha value is -2.47. The van der Waals surface area contributed by atoms with E-state index >= 15 is 0 Å². The van der Waals surface area contributed by atoms with Crippen molar-refractivity contribution >= 4 is 5.97 Å². The minimum Gasteiger partial charge on any atom is -0.460 e. The fraction of sp³-hybridized carbons (Fsp3) is 0.389. The summed E-state index contributed by atoms with van der Waals surface area (Å²) in [5, 5.41) is 4.06. The predicted molar refractivity (Wildman–Crippen MR) is 90.7 cm³/mol. The first kappa shape index (κ1) is 17.9. The van der Waals surface area contributed by atoms with Crippen LogP contribution in [0.2, 0.25) is 0 Å². The van der Waals surface area contributed by atoms with E-state index in [0.29, 0.717) is 12.3 Å². The van der Waals surface area contributed by atoms with Crippen molar-refractivity contribution in [1.29, 1.82) is 0 Å². The van der Waals surface area contributed by atoms with Gasteiger partial charge in [-0.15, -0.1) is 0 Å². The van der Waals surface area contributed by atoms with Gasteiger partial charge in [0.15, 0.2) is 0 Å². The summed E-state index contributed by atoms with van der Waals surface area (Å²) in [5.41, 5.74) is 1.58. The molecule has 0 aliphatic carbocycles. The van der Waals surface area contributed by atoms with Gasteiger partial charge in [0.05, 0.1) is 24.1 Å². The molecule has 0 unspecified atom stereocenters. The Morgan fingerprint density at radius 1 is 1.17 bits per heavy atom. The second kappa shape index (κ2) is 7.40. The second-order valence-corrected chi connectivity index (χ2v) is 6.42. The number of hydrogen-bond donors (Lipinski definition) is 0. The van der Waals surface area contributed by atoms with Gasteiger partial charge in [0.2, 0.25) is 0 Å². The highest BCUT2D eigenvalue weighted by molar-refractivity contribution is 5.88. The van der Waals surface area contributed by atoms with Gasteiger partial charge in [0, 0.05) is 13.2 Å². The molecule has 0 N–H and O–H groups in total. The molecule has 0 aliphatic heterocycles. The minimum atomic E-state index is -0.591. The molecule has 1 heterocycles. The van der Waals surface area contributed by atoms with Gasteiger partial charge in [0.25, 0.3) is 5.56 Å². The van der Waals surface area contributed by atoms with Crippen LogP contribution >= 0.6 is 0 Å². The van der Waals surface area contributed by atoms with Crippen molar-refractivity contribution in [2.75, 3.05) is 20.3 Å². The lowest BCUT2D eigenvalue weighted by Crippen LogP contribution is -2.23. The number of rotatable bonds is 5. The largest absolute Gasteiger partial charge is 0.460 e. The van der Waals surface area contributed by atoms with Gasteiger partial charge >= 0.3 is 5.97 Å². The third kappa shape index (κ3) is 4.29. The SMILES string of the molecule is COCCOC(=O)c1cnn(-c2ccc(C(C)(C)C)cc2)c(=O)c1. The van der Waals surface area contributed by atoms with Gasteiger partial charge in [0.1, 0.15) is 6.61 Å². The Labute approximate surface area is 141 Å². The van der Waals surface area contributed by atoms with E-state index < -0.39 is 5.97 Å². The molecule has 1 aromatic carbocycles. The number of carbonyl (C=O) groups excluding carboxylic acids is 1. The van der Waals surface area contributed by atoms with Gasteiger partial charge in [-0.2, -0.15) is 9.78 Å². The average Bonchev–Trinajstić information content (AvgIpc) is 2.54. The van der Waals surface area contributed by atoms with Gasteiger partial charge in [-0.1, -0.05) is 32.9 Å². The van der Waals surface area contributed by atoms with Crippen LogP contribution in [0.25, 0.3) is 5.69 Å². The van der Waals surface area contributed by atoms with Crippen LogP contribution in [0.3, 0.4) is 0 Å². The highest BCUT2D eigenvalue weighted by Crippen LogP contribution is 2.22. The van der Waals surface area contributed by atoms with Gasteiger partial charge in [-0.05, 0) is 23.1 Å². The van der Waals surface area contributed by atoms with Crippen LogP contribution in [0, 0.1) is 0 Å². The third-order valence-electron chi connectivity index (χ3n) is 3.53. The van der Waals surface area contributed by atoms with Crippen LogP contribution in [-0.2, 0) is 14.9 Å². The summed E-state index contributed by atoms with van der Waals surface area (Å²) >= 11 is 0. The van der Waals surface area contributed by atoms with Crippen molar-refractivity contribution < 1.29 is 14.3 Å². The zero-order valence-corrected chi connectivity index (χ0v) is 14.4. The molecule has 1 aromatic heterocycles. The summed E-state index contributed by atoms with van der Waals surface area (Å²) < 4.78 is 11.0. The Morgan fingerprint density at radius 3 is 2.38 bits per heavy atom. The van der Waals surface area contributed by atoms with Crippen LogP contribution in [0.1, 0.15) is 36.7 Å². The van der Waals surface area contributed by atoms with Crippen molar-refractivity contribution in [2.24, 2.45) is 0 Å². The summed E-state index contributed by atoms with van der Waals surface area (Å²) in [6, 6.07) is 8.84. The van der Waals surface area contributed by atoms with Crippen LogP contribution < -0.4 is 5.56 Å². The number of benzene rings is 1. The molecule has 0 atom stereocenters. The smallest absolute Gasteiger partial charge is 0.340 e. The Kier molecular flexibility index (Phi) is 5.51. The highest BCUT2D eigenvalue weighted by atomic mass is 16.6. The number of esters is 1. The van der Waals surface area contributed by atoms with E-state index in [1.54, 1.807) is 0 Å². The molecule has 0 spiro atoms. The lowest BCUT2D eigenvalue weighted by molar-refractivity contribution is 0.0387. The molecule has 0 radical (unpaired) electrons. The van der Waals surface area contributed by atoms with Gasteiger partial charge in [-0.25, -0.2) is 4.79 Å². The van der Waals surface area contributed by atoms with Crippen LogP contribution in [-0.4, -0.2) is 36.1 Å². The quantitative estimate of drug-likeness (QED) is 0.621. The zero-order chi connectivity index (χ0) is 17.7. The third-order valence-corrected chi connectivity index (χ3v) is 3.53. The molecular weight excluding hydrogens is 308 g/mol. The van der Waals surface area contributed by atoms with E-state index in [1.807, 2.05) is 24.3 Å². The molecule has 0 fully saturated rings. The fourth-order valence-electron chi connectivity index (χ4n) is 2.12. The summed E-state index contributed by atoms with van der Waals surface area (Å²) in [6.45, 7) is 6.80. The maximum absolute atomic E-state index is 12.2. The van der Waals surface area contributed by atoms with Crippen molar-refractivity contribution in [3.05, 3.63) is 58.0 Å². The second-order valence-electron chi connectivity index (χ2n) is 6.42. The lowest BCUT2D eigenvalue weighted by Gasteiger charge is -2.19. The van der Waals surface area contributed by atoms with Crippen LogP contribution in [0.15, 0.2) is 41.3 Å². The Morgan fingerprint density at radius 2 is 1.83 bits per heavy atom. The van der Waals surface area contributed by atoms with E-state index in [-0.39, 0.29) is 23.1 Å². The molecule has 2 aromatic rings. The molecule has 6 nitrogen and oxygen atoms in total. The standard InChI is InChI=1S/C18H22N2O4/c1-18(2,3)14-5-7-15(8-6-14)20-16(21)11-13(12-19-20)17(22)24-10-9-23-4/h5-8,11-12H,9-10H2,1-4H3. The Balaban J connectivity index is 2.21. The monoisotopic (exact) mass is 330 g/mol. The maximum atomic E-state index is 12.2. The van der Waals surface area contributed by atoms with Crippen LogP contribution in [0.4, 0.5) is 0 Å². The number of hydrogen-bond acceptors (Lipinski definition) is 5. The van der Waals surface area contributed by atoms with Crippen molar-refractivity contribution in [1.82, 2.24) is 9.78 Å². The fourth-order valence-corrected chi connectivity index (χ4v) is 2.12. The summed E-state index contributed by atoms with van der Waals surface area (Å²) in [7, 11) is 1.52. The lowest BCUT2D eigenvalue weighted by atomic mass is 9.87. The predicted octanol–water partition coefficient (Wildman–Crippen LogP) is 2.33. The number of methoxy groups -OCH3 is 1. The Bertz CT molecular complexity index is 758. The first-order valence-corrected chi connectivity index (χ1v) is 7.69. The molecule has 0 amide bonds. The van der Waals surface area contributed by atoms with E-state index in [9.17, 15) is 9.59 Å². The number of nitrogens with zero attached hydrogens (tertiary/aromatic N) is 2. The first-order valence-electron chi connectivity index (χ1n) is 7.69. The topological polar surface area (TPSA) is 70.4 Å². The normalized spacial score (nSPS) is 11.3. The van der Waals surface area contributed by atoms with Gasteiger partial charge in [-0.3, -0.25) is 4.79 Å². The zero-order valence-electron chi connectivity index (χ0n) is 14.4. The van der Waals surface area contributed by atoms with E-state index in [1.165, 1.54) is 24.1 Å². The summed E-state index contributed by atoms with van der Waals surface area (Å²) in [4.78, 5) is 24.0. The van der Waals surface area contributed by atoms with Crippen molar-refractivity contribution in [3.8, 4) is 5.69 Å². The van der Waals surface area contributed by atoms with Gasteiger partial charge < -0.3 is 9.47 Å².